The second kappa shape index (κ2) is 10.5. The van der Waals surface area contributed by atoms with Crippen molar-refractivity contribution < 1.29 is 28.7 Å². The number of amides is 4. The Labute approximate surface area is 167 Å². The van der Waals surface area contributed by atoms with E-state index in [0.717, 1.165) is 0 Å². The first-order valence-electron chi connectivity index (χ1n) is 8.67. The standard InChI is InChI=1S/C20H21N3O6/c1-13(18(25)23-20(27)22-15-6-4-3-5-7-15)29-17(24)12-21-19(26)14-8-10-16(28-2)11-9-14/h3-11,13H,12H2,1-2H3,(H,21,26)(H2,22,23,25,27). The van der Waals surface area contributed by atoms with E-state index in [9.17, 15) is 19.2 Å². The highest BCUT2D eigenvalue weighted by molar-refractivity contribution is 6.03. The van der Waals surface area contributed by atoms with E-state index in [1.54, 1.807) is 54.6 Å². The fraction of sp³-hybridized carbons (Fsp3) is 0.200. The SMILES string of the molecule is COc1ccc(C(=O)NCC(=O)OC(C)C(=O)NC(=O)Nc2ccccc2)cc1. The zero-order chi connectivity index (χ0) is 21.2. The lowest BCUT2D eigenvalue weighted by atomic mass is 10.2. The number of hydrogen-bond donors (Lipinski definition) is 3. The summed E-state index contributed by atoms with van der Waals surface area (Å²) >= 11 is 0. The number of benzene rings is 2. The van der Waals surface area contributed by atoms with Crippen LogP contribution in [0.1, 0.15) is 17.3 Å². The van der Waals surface area contributed by atoms with Crippen molar-refractivity contribution in [1.82, 2.24) is 10.6 Å². The molecule has 0 aliphatic carbocycles. The van der Waals surface area contributed by atoms with Crippen LogP contribution in [0.3, 0.4) is 0 Å². The summed E-state index contributed by atoms with van der Waals surface area (Å²) in [5.41, 5.74) is 0.839. The molecule has 0 radical (unpaired) electrons. The second-order valence-electron chi connectivity index (χ2n) is 5.85. The highest BCUT2D eigenvalue weighted by Crippen LogP contribution is 2.11. The van der Waals surface area contributed by atoms with Gasteiger partial charge in [-0.3, -0.25) is 19.7 Å². The maximum absolute atomic E-state index is 12.0. The third-order valence-corrected chi connectivity index (χ3v) is 3.69. The monoisotopic (exact) mass is 399 g/mol. The Bertz CT molecular complexity index is 868. The molecule has 0 fully saturated rings. The molecule has 29 heavy (non-hydrogen) atoms. The van der Waals surface area contributed by atoms with E-state index in [2.05, 4.69) is 16.0 Å². The van der Waals surface area contributed by atoms with E-state index < -0.39 is 36.5 Å². The lowest BCUT2D eigenvalue weighted by molar-refractivity contribution is -0.153. The molecule has 9 heteroatoms. The van der Waals surface area contributed by atoms with Gasteiger partial charge in [-0.1, -0.05) is 18.2 Å². The zero-order valence-electron chi connectivity index (χ0n) is 15.9. The fourth-order valence-electron chi connectivity index (χ4n) is 2.19. The number of imide groups is 1. The van der Waals surface area contributed by atoms with Gasteiger partial charge in [-0.05, 0) is 43.3 Å². The number of hydrogen-bond acceptors (Lipinski definition) is 6. The highest BCUT2D eigenvalue weighted by Gasteiger charge is 2.20. The topological polar surface area (TPSA) is 123 Å². The molecule has 0 spiro atoms. The summed E-state index contributed by atoms with van der Waals surface area (Å²) < 4.78 is 9.92. The number of anilines is 1. The predicted octanol–water partition coefficient (Wildman–Crippen LogP) is 1.70. The number of esters is 1. The summed E-state index contributed by atoms with van der Waals surface area (Å²) in [7, 11) is 1.51. The van der Waals surface area contributed by atoms with Crippen molar-refractivity contribution in [2.24, 2.45) is 0 Å². The van der Waals surface area contributed by atoms with E-state index in [1.807, 2.05) is 0 Å². The number of carbonyl (C=O) groups excluding carboxylic acids is 4. The first kappa shape index (κ1) is 21.4. The van der Waals surface area contributed by atoms with Gasteiger partial charge < -0.3 is 20.1 Å². The lowest BCUT2D eigenvalue weighted by Crippen LogP contribution is -2.42. The molecular formula is C20H21N3O6. The third-order valence-electron chi connectivity index (χ3n) is 3.69. The quantitative estimate of drug-likeness (QED) is 0.609. The lowest BCUT2D eigenvalue weighted by Gasteiger charge is -2.13. The first-order valence-corrected chi connectivity index (χ1v) is 8.67. The van der Waals surface area contributed by atoms with Gasteiger partial charge in [-0.15, -0.1) is 0 Å². The smallest absolute Gasteiger partial charge is 0.326 e. The summed E-state index contributed by atoms with van der Waals surface area (Å²) in [5, 5.41) is 6.93. The van der Waals surface area contributed by atoms with Crippen molar-refractivity contribution >= 4 is 29.5 Å². The van der Waals surface area contributed by atoms with Crippen LogP contribution in [0.15, 0.2) is 54.6 Å². The molecule has 0 aromatic heterocycles. The molecule has 2 aromatic carbocycles. The number of urea groups is 1. The Morgan fingerprint density at radius 3 is 2.24 bits per heavy atom. The van der Waals surface area contributed by atoms with Gasteiger partial charge in [0.2, 0.25) is 0 Å². The molecule has 0 bridgehead atoms. The molecule has 0 aliphatic heterocycles. The van der Waals surface area contributed by atoms with Gasteiger partial charge in [0.1, 0.15) is 12.3 Å². The van der Waals surface area contributed by atoms with E-state index in [-0.39, 0.29) is 0 Å². The summed E-state index contributed by atoms with van der Waals surface area (Å²) in [6, 6.07) is 14.1. The van der Waals surface area contributed by atoms with Crippen molar-refractivity contribution in [2.45, 2.75) is 13.0 Å². The van der Waals surface area contributed by atoms with Crippen LogP contribution < -0.4 is 20.7 Å². The fourth-order valence-corrected chi connectivity index (χ4v) is 2.19. The van der Waals surface area contributed by atoms with E-state index >= 15 is 0 Å². The zero-order valence-corrected chi connectivity index (χ0v) is 15.9. The minimum atomic E-state index is -1.22. The van der Waals surface area contributed by atoms with E-state index in [0.29, 0.717) is 17.0 Å². The third kappa shape index (κ3) is 6.98. The van der Waals surface area contributed by atoms with Gasteiger partial charge in [-0.25, -0.2) is 4.79 Å². The van der Waals surface area contributed by atoms with Crippen LogP contribution in [0.4, 0.5) is 10.5 Å². The molecule has 0 saturated heterocycles. The van der Waals surface area contributed by atoms with Crippen LogP contribution in [0.2, 0.25) is 0 Å². The molecular weight excluding hydrogens is 378 g/mol. The van der Waals surface area contributed by atoms with Crippen LogP contribution >= 0.6 is 0 Å². The van der Waals surface area contributed by atoms with Crippen LogP contribution in [0.5, 0.6) is 5.75 Å². The second-order valence-corrected chi connectivity index (χ2v) is 5.85. The van der Waals surface area contributed by atoms with Crippen LogP contribution in [0.25, 0.3) is 0 Å². The molecule has 0 heterocycles. The highest BCUT2D eigenvalue weighted by atomic mass is 16.5. The molecule has 1 atom stereocenters. The molecule has 3 N–H and O–H groups in total. The first-order chi connectivity index (χ1) is 13.9. The summed E-state index contributed by atoms with van der Waals surface area (Å²) in [5.74, 6) is -1.51. The van der Waals surface area contributed by atoms with Gasteiger partial charge in [0.25, 0.3) is 11.8 Å². The number of para-hydroxylation sites is 1. The van der Waals surface area contributed by atoms with Gasteiger partial charge in [0.15, 0.2) is 6.10 Å². The van der Waals surface area contributed by atoms with Crippen LogP contribution in [-0.4, -0.2) is 43.6 Å². The number of ether oxygens (including phenoxy) is 2. The van der Waals surface area contributed by atoms with Gasteiger partial charge in [0.05, 0.1) is 7.11 Å². The molecule has 0 aliphatic rings. The number of rotatable bonds is 7. The number of methoxy groups -OCH3 is 1. The maximum Gasteiger partial charge on any atom is 0.326 e. The average Bonchev–Trinajstić information content (AvgIpc) is 2.72. The molecule has 0 saturated carbocycles. The van der Waals surface area contributed by atoms with Crippen molar-refractivity contribution in [3.8, 4) is 5.75 Å². The van der Waals surface area contributed by atoms with Crippen molar-refractivity contribution in [2.75, 3.05) is 19.0 Å². The average molecular weight is 399 g/mol. The number of carbonyl (C=O) groups is 4. The van der Waals surface area contributed by atoms with Gasteiger partial charge >= 0.3 is 12.0 Å². The predicted molar refractivity (Wildman–Crippen MR) is 104 cm³/mol. The van der Waals surface area contributed by atoms with Gasteiger partial charge in [0, 0.05) is 11.3 Å². The Kier molecular flexibility index (Phi) is 7.72. The Morgan fingerprint density at radius 2 is 1.62 bits per heavy atom. The summed E-state index contributed by atoms with van der Waals surface area (Å²) in [6.45, 7) is 0.882. The largest absolute Gasteiger partial charge is 0.497 e. The Hall–Kier alpha value is -3.88. The van der Waals surface area contributed by atoms with Crippen LogP contribution in [0, 0.1) is 0 Å². The van der Waals surface area contributed by atoms with E-state index in [4.69, 9.17) is 9.47 Å². The van der Waals surface area contributed by atoms with Crippen molar-refractivity contribution in [3.05, 3.63) is 60.2 Å². The Balaban J connectivity index is 1.74. The molecule has 2 aromatic rings. The minimum Gasteiger partial charge on any atom is -0.497 e. The van der Waals surface area contributed by atoms with Gasteiger partial charge in [-0.2, -0.15) is 0 Å². The molecule has 1 unspecified atom stereocenters. The molecule has 4 amide bonds. The Morgan fingerprint density at radius 1 is 0.966 bits per heavy atom. The van der Waals surface area contributed by atoms with Crippen molar-refractivity contribution in [1.29, 1.82) is 0 Å². The summed E-state index contributed by atoms with van der Waals surface area (Å²) in [6.07, 6.45) is -1.22. The minimum absolute atomic E-state index is 0.335. The normalized spacial score (nSPS) is 11.0. The maximum atomic E-state index is 12.0. The van der Waals surface area contributed by atoms with Crippen LogP contribution in [-0.2, 0) is 14.3 Å². The molecule has 2 rings (SSSR count). The van der Waals surface area contributed by atoms with E-state index in [1.165, 1.54) is 14.0 Å². The van der Waals surface area contributed by atoms with Crippen molar-refractivity contribution in [3.63, 3.8) is 0 Å². The number of nitrogens with one attached hydrogen (secondary N) is 3. The molecule has 152 valence electrons. The molecule has 9 nitrogen and oxygen atoms in total. The summed E-state index contributed by atoms with van der Waals surface area (Å²) in [4.78, 5) is 47.6.